The highest BCUT2D eigenvalue weighted by atomic mass is 16.1. The van der Waals surface area contributed by atoms with E-state index in [1.54, 1.807) is 13.1 Å². The molecule has 0 saturated carbocycles. The number of nitrogens with zero attached hydrogens (tertiary/aromatic N) is 3. The van der Waals surface area contributed by atoms with Crippen molar-refractivity contribution in [3.8, 4) is 0 Å². The third kappa shape index (κ3) is 5.29. The van der Waals surface area contributed by atoms with Crippen LogP contribution in [-0.2, 0) is 11.3 Å². The van der Waals surface area contributed by atoms with E-state index in [1.807, 2.05) is 42.8 Å². The van der Waals surface area contributed by atoms with Crippen LogP contribution in [0.1, 0.15) is 62.0 Å². The van der Waals surface area contributed by atoms with Crippen molar-refractivity contribution in [3.05, 3.63) is 47.7 Å². The minimum atomic E-state index is 0.0412. The summed E-state index contributed by atoms with van der Waals surface area (Å²) in [5, 5.41) is 7.46. The minimum absolute atomic E-state index is 0.0412. The summed E-state index contributed by atoms with van der Waals surface area (Å²) in [5.74, 6) is 1.27. The van der Waals surface area contributed by atoms with Crippen LogP contribution in [0.15, 0.2) is 36.5 Å². The van der Waals surface area contributed by atoms with Crippen molar-refractivity contribution >= 4 is 17.5 Å². The first-order valence-electron chi connectivity index (χ1n) is 10.1. The molecule has 6 nitrogen and oxygen atoms in total. The minimum Gasteiger partial charge on any atom is -0.311 e. The Morgan fingerprint density at radius 1 is 1.21 bits per heavy atom. The lowest BCUT2D eigenvalue weighted by Gasteiger charge is -2.32. The van der Waals surface area contributed by atoms with Gasteiger partial charge in [0.25, 0.3) is 0 Å². The highest BCUT2D eigenvalue weighted by Crippen LogP contribution is 2.26. The number of carbonyl (C=O) groups is 2. The molecule has 1 amide bonds. The SMILES string of the molecule is CC(=O)c1cccc(CN2CCC(n3nccc3NC(=O)CC(C)C)CC2)c1. The first kappa shape index (κ1) is 20.3. The van der Waals surface area contributed by atoms with Crippen LogP contribution in [0.3, 0.4) is 0 Å². The molecule has 0 aliphatic carbocycles. The Morgan fingerprint density at radius 2 is 1.96 bits per heavy atom. The third-order valence-electron chi connectivity index (χ3n) is 5.17. The molecule has 1 aliphatic rings. The zero-order valence-electron chi connectivity index (χ0n) is 17.0. The third-order valence-corrected chi connectivity index (χ3v) is 5.17. The number of benzene rings is 1. The van der Waals surface area contributed by atoms with Crippen molar-refractivity contribution in [2.75, 3.05) is 18.4 Å². The van der Waals surface area contributed by atoms with Crippen LogP contribution in [0.4, 0.5) is 5.82 Å². The van der Waals surface area contributed by atoms with Crippen LogP contribution >= 0.6 is 0 Å². The number of Topliss-reactive ketones (excluding diaryl/α,β-unsaturated/α-hetero) is 1. The molecule has 0 radical (unpaired) electrons. The molecule has 2 heterocycles. The molecule has 1 saturated heterocycles. The van der Waals surface area contributed by atoms with Crippen molar-refractivity contribution in [3.63, 3.8) is 0 Å². The Morgan fingerprint density at radius 3 is 2.64 bits per heavy atom. The standard InChI is InChI=1S/C22H30N4O2/c1-16(2)13-22(28)24-21-7-10-23-26(21)20-8-11-25(12-9-20)15-18-5-4-6-19(14-18)17(3)27/h4-7,10,14,16,20H,8-9,11-13,15H2,1-3H3,(H,24,28). The number of aromatic nitrogens is 2. The number of hydrogen-bond donors (Lipinski definition) is 1. The fourth-order valence-electron chi connectivity index (χ4n) is 3.74. The van der Waals surface area contributed by atoms with Gasteiger partial charge >= 0.3 is 0 Å². The number of carbonyl (C=O) groups excluding carboxylic acids is 2. The zero-order valence-corrected chi connectivity index (χ0v) is 17.0. The van der Waals surface area contributed by atoms with Crippen LogP contribution in [0.5, 0.6) is 0 Å². The fraction of sp³-hybridized carbons (Fsp3) is 0.500. The highest BCUT2D eigenvalue weighted by Gasteiger charge is 2.23. The summed E-state index contributed by atoms with van der Waals surface area (Å²) in [7, 11) is 0. The molecule has 3 rings (SSSR count). The van der Waals surface area contributed by atoms with E-state index >= 15 is 0 Å². The number of piperidine rings is 1. The van der Waals surface area contributed by atoms with Crippen molar-refractivity contribution in [1.82, 2.24) is 14.7 Å². The van der Waals surface area contributed by atoms with Crippen molar-refractivity contribution in [2.45, 2.75) is 52.6 Å². The van der Waals surface area contributed by atoms with Crippen molar-refractivity contribution in [2.24, 2.45) is 5.92 Å². The average molecular weight is 383 g/mol. The van der Waals surface area contributed by atoms with E-state index in [-0.39, 0.29) is 11.7 Å². The smallest absolute Gasteiger partial charge is 0.225 e. The Bertz CT molecular complexity index is 819. The molecular formula is C22H30N4O2. The summed E-state index contributed by atoms with van der Waals surface area (Å²) in [6.07, 6.45) is 4.25. The van der Waals surface area contributed by atoms with Crippen LogP contribution in [-0.4, -0.2) is 39.5 Å². The van der Waals surface area contributed by atoms with Crippen LogP contribution in [0.25, 0.3) is 0 Å². The Balaban J connectivity index is 1.56. The number of anilines is 1. The molecule has 28 heavy (non-hydrogen) atoms. The molecule has 1 N–H and O–H groups in total. The number of nitrogens with one attached hydrogen (secondary N) is 1. The molecular weight excluding hydrogens is 352 g/mol. The first-order valence-corrected chi connectivity index (χ1v) is 10.1. The number of hydrogen-bond acceptors (Lipinski definition) is 4. The lowest BCUT2D eigenvalue weighted by atomic mass is 10.0. The van der Waals surface area contributed by atoms with Gasteiger partial charge in [0.2, 0.25) is 5.91 Å². The van der Waals surface area contributed by atoms with Gasteiger partial charge in [-0.3, -0.25) is 14.5 Å². The maximum absolute atomic E-state index is 12.1. The second kappa shape index (κ2) is 9.15. The molecule has 0 unspecified atom stereocenters. The van der Waals surface area contributed by atoms with Crippen molar-refractivity contribution in [1.29, 1.82) is 0 Å². The quantitative estimate of drug-likeness (QED) is 0.738. The van der Waals surface area contributed by atoms with E-state index in [1.165, 1.54) is 5.56 Å². The predicted octanol–water partition coefficient (Wildman–Crippen LogP) is 3.91. The highest BCUT2D eigenvalue weighted by molar-refractivity contribution is 5.94. The van der Waals surface area contributed by atoms with Gasteiger partial charge in [0, 0.05) is 37.7 Å². The van der Waals surface area contributed by atoms with Gasteiger partial charge in [-0.1, -0.05) is 32.0 Å². The van der Waals surface area contributed by atoms with Gasteiger partial charge in [-0.05, 0) is 37.3 Å². The van der Waals surface area contributed by atoms with Crippen LogP contribution in [0.2, 0.25) is 0 Å². The molecule has 0 spiro atoms. The Labute approximate surface area is 166 Å². The summed E-state index contributed by atoms with van der Waals surface area (Å²) in [4.78, 5) is 26.1. The number of amides is 1. The molecule has 150 valence electrons. The molecule has 2 aromatic rings. The zero-order chi connectivity index (χ0) is 20.1. The molecule has 1 fully saturated rings. The van der Waals surface area contributed by atoms with E-state index in [2.05, 4.69) is 21.4 Å². The second-order valence-corrected chi connectivity index (χ2v) is 8.07. The largest absolute Gasteiger partial charge is 0.311 e. The van der Waals surface area contributed by atoms with Gasteiger partial charge in [0.05, 0.1) is 12.2 Å². The van der Waals surface area contributed by atoms with E-state index in [9.17, 15) is 9.59 Å². The van der Waals surface area contributed by atoms with E-state index in [0.717, 1.165) is 43.9 Å². The normalized spacial score (nSPS) is 15.7. The molecule has 1 aromatic heterocycles. The molecule has 0 bridgehead atoms. The molecule has 1 aromatic carbocycles. The first-order chi connectivity index (χ1) is 13.4. The summed E-state index contributed by atoms with van der Waals surface area (Å²) >= 11 is 0. The number of likely N-dealkylation sites (tertiary alicyclic amines) is 1. The van der Waals surface area contributed by atoms with E-state index in [4.69, 9.17) is 0 Å². The number of rotatable bonds is 7. The molecule has 1 aliphatic heterocycles. The van der Waals surface area contributed by atoms with Gasteiger partial charge in [-0.2, -0.15) is 5.10 Å². The van der Waals surface area contributed by atoms with Gasteiger partial charge in [0.15, 0.2) is 5.78 Å². The lowest BCUT2D eigenvalue weighted by molar-refractivity contribution is -0.116. The Hall–Kier alpha value is -2.47. The summed E-state index contributed by atoms with van der Waals surface area (Å²) in [6, 6.07) is 10.1. The average Bonchev–Trinajstić information content (AvgIpc) is 3.10. The summed E-state index contributed by atoms with van der Waals surface area (Å²) in [5.41, 5.74) is 1.94. The van der Waals surface area contributed by atoms with Gasteiger partial charge in [0.1, 0.15) is 5.82 Å². The molecule has 0 atom stereocenters. The maximum atomic E-state index is 12.1. The van der Waals surface area contributed by atoms with Gasteiger partial charge < -0.3 is 5.32 Å². The fourth-order valence-corrected chi connectivity index (χ4v) is 3.74. The predicted molar refractivity (Wildman–Crippen MR) is 110 cm³/mol. The summed E-state index contributed by atoms with van der Waals surface area (Å²) in [6.45, 7) is 8.47. The topological polar surface area (TPSA) is 67.2 Å². The lowest BCUT2D eigenvalue weighted by Crippen LogP contribution is -2.35. The Kier molecular flexibility index (Phi) is 6.62. The van der Waals surface area contributed by atoms with E-state index in [0.29, 0.717) is 18.4 Å². The van der Waals surface area contributed by atoms with Gasteiger partial charge in [-0.15, -0.1) is 0 Å². The van der Waals surface area contributed by atoms with Crippen LogP contribution in [0, 0.1) is 5.92 Å². The number of ketones is 1. The van der Waals surface area contributed by atoms with E-state index < -0.39 is 0 Å². The maximum Gasteiger partial charge on any atom is 0.225 e. The van der Waals surface area contributed by atoms with Crippen LogP contribution < -0.4 is 5.32 Å². The van der Waals surface area contributed by atoms with Gasteiger partial charge in [-0.25, -0.2) is 4.68 Å². The molecule has 6 heteroatoms. The monoisotopic (exact) mass is 382 g/mol. The summed E-state index contributed by atoms with van der Waals surface area (Å²) < 4.78 is 1.96. The second-order valence-electron chi connectivity index (χ2n) is 8.07. The van der Waals surface area contributed by atoms with Crippen molar-refractivity contribution < 1.29 is 9.59 Å².